The summed E-state index contributed by atoms with van der Waals surface area (Å²) in [5.41, 5.74) is 0. The van der Waals surface area contributed by atoms with Crippen molar-refractivity contribution in [2.24, 2.45) is 0 Å². The fourth-order valence-corrected chi connectivity index (χ4v) is 5.43. The normalized spacial score (nSPS) is 10.9. The fourth-order valence-electron chi connectivity index (χ4n) is 2.27. The van der Waals surface area contributed by atoms with E-state index < -0.39 is 7.05 Å². The van der Waals surface area contributed by atoms with E-state index in [4.69, 9.17) is 0 Å². The van der Waals surface area contributed by atoms with Crippen molar-refractivity contribution in [2.75, 3.05) is 6.66 Å². The monoisotopic (exact) mass is 385 g/mol. The standard InChI is InChI=1S/C16H20NP.HI/c1-14(2)17-18(3,15-10-6-4-7-11-15)16-12-8-5-9-13-16;/h4-14H,1-3H3;1H. The van der Waals surface area contributed by atoms with E-state index in [9.17, 15) is 0 Å². The largest absolute Gasteiger partial charge is 1.00 e. The molecule has 1 nitrogen and oxygen atoms in total. The van der Waals surface area contributed by atoms with Gasteiger partial charge in [0.05, 0.1) is 0 Å². The molecule has 0 unspecified atom stereocenters. The van der Waals surface area contributed by atoms with Crippen LogP contribution in [0.1, 0.15) is 13.8 Å². The van der Waals surface area contributed by atoms with Crippen LogP contribution in [0.3, 0.4) is 0 Å². The molecular weight excluding hydrogens is 364 g/mol. The molecule has 0 fully saturated rings. The van der Waals surface area contributed by atoms with Crippen molar-refractivity contribution >= 4 is 17.7 Å². The Morgan fingerprint density at radius 3 is 1.47 bits per heavy atom. The first kappa shape index (κ1) is 16.5. The number of hydrogen-bond donors (Lipinski definition) is 1. The van der Waals surface area contributed by atoms with Gasteiger partial charge in [0.15, 0.2) is 7.05 Å². The third-order valence-electron chi connectivity index (χ3n) is 3.06. The number of halogens is 1. The first-order chi connectivity index (χ1) is 8.63. The minimum absolute atomic E-state index is 0. The van der Waals surface area contributed by atoms with E-state index >= 15 is 0 Å². The van der Waals surface area contributed by atoms with Crippen molar-refractivity contribution in [1.29, 1.82) is 0 Å². The van der Waals surface area contributed by atoms with Crippen LogP contribution in [0, 0.1) is 0 Å². The third-order valence-corrected chi connectivity index (χ3v) is 6.76. The van der Waals surface area contributed by atoms with Crippen LogP contribution in [-0.2, 0) is 0 Å². The second-order valence-corrected chi connectivity index (χ2v) is 8.26. The van der Waals surface area contributed by atoms with Crippen molar-refractivity contribution < 1.29 is 28.7 Å². The SMILES string of the molecule is CC(C)[NH+]=P(C)(c1ccccc1)c1ccccc1.[I-]. The Hall–Kier alpha value is -0.600. The van der Waals surface area contributed by atoms with Crippen LogP contribution in [0.2, 0.25) is 0 Å². The van der Waals surface area contributed by atoms with Crippen molar-refractivity contribution in [3.05, 3.63) is 60.7 Å². The average Bonchev–Trinajstić information content (AvgIpc) is 2.40. The molecule has 0 amide bonds. The molecule has 0 atom stereocenters. The summed E-state index contributed by atoms with van der Waals surface area (Å²) >= 11 is 0. The number of hydrogen-bond acceptors (Lipinski definition) is 0. The van der Waals surface area contributed by atoms with Crippen LogP contribution in [-0.4, -0.2) is 12.7 Å². The Kier molecular flexibility index (Phi) is 6.28. The van der Waals surface area contributed by atoms with E-state index in [0.29, 0.717) is 6.04 Å². The van der Waals surface area contributed by atoms with Gasteiger partial charge in [-0.05, 0) is 38.1 Å². The molecule has 1 N–H and O–H groups in total. The van der Waals surface area contributed by atoms with Crippen molar-refractivity contribution in [3.63, 3.8) is 0 Å². The van der Waals surface area contributed by atoms with Crippen LogP contribution in [0.5, 0.6) is 0 Å². The predicted molar refractivity (Wildman–Crippen MR) is 81.1 cm³/mol. The molecule has 0 aliphatic rings. The molecule has 0 bridgehead atoms. The van der Waals surface area contributed by atoms with Gasteiger partial charge in [-0.2, -0.15) is 0 Å². The van der Waals surface area contributed by atoms with Gasteiger partial charge < -0.3 is 24.0 Å². The Morgan fingerprint density at radius 2 is 1.16 bits per heavy atom. The van der Waals surface area contributed by atoms with Gasteiger partial charge in [-0.3, -0.25) is 4.74 Å². The topological polar surface area (TPSA) is 14.0 Å². The van der Waals surface area contributed by atoms with Crippen molar-refractivity contribution in [1.82, 2.24) is 0 Å². The molecule has 2 aromatic rings. The summed E-state index contributed by atoms with van der Waals surface area (Å²) in [5, 5.41) is 2.81. The molecule has 0 saturated carbocycles. The quantitative estimate of drug-likeness (QED) is 0.513. The molecule has 0 spiro atoms. The Bertz CT molecular complexity index is 506. The zero-order chi connectivity index (χ0) is 13.0. The van der Waals surface area contributed by atoms with Crippen LogP contribution in [0.15, 0.2) is 60.7 Å². The maximum atomic E-state index is 3.80. The van der Waals surface area contributed by atoms with E-state index in [0.717, 1.165) is 0 Å². The molecule has 0 aliphatic carbocycles. The fraction of sp³-hybridized carbons (Fsp3) is 0.250. The molecule has 0 radical (unpaired) electrons. The van der Waals surface area contributed by atoms with Gasteiger partial charge in [0.2, 0.25) is 0 Å². The smallest absolute Gasteiger partial charge is 0.151 e. The van der Waals surface area contributed by atoms with Gasteiger partial charge in [0.25, 0.3) is 0 Å². The van der Waals surface area contributed by atoms with Gasteiger partial charge in [-0.1, -0.05) is 36.4 Å². The summed E-state index contributed by atoms with van der Waals surface area (Å²) in [6.45, 7) is 6.78. The Labute approximate surface area is 133 Å². The van der Waals surface area contributed by atoms with Gasteiger partial charge in [-0.15, -0.1) is 0 Å². The highest BCUT2D eigenvalue weighted by Gasteiger charge is 2.24. The lowest BCUT2D eigenvalue weighted by Gasteiger charge is -2.16. The predicted octanol–water partition coefficient (Wildman–Crippen LogP) is -1.04. The van der Waals surface area contributed by atoms with Gasteiger partial charge in [0, 0.05) is 17.3 Å². The Balaban J connectivity index is 0.00000180. The highest BCUT2D eigenvalue weighted by Crippen LogP contribution is 2.34. The van der Waals surface area contributed by atoms with E-state index in [1.54, 1.807) is 0 Å². The second kappa shape index (κ2) is 7.25. The number of rotatable bonds is 3. The summed E-state index contributed by atoms with van der Waals surface area (Å²) in [7, 11) is -1.48. The number of benzene rings is 2. The molecule has 0 aliphatic heterocycles. The van der Waals surface area contributed by atoms with Crippen LogP contribution < -0.4 is 39.3 Å². The first-order valence-corrected chi connectivity index (χ1v) is 8.62. The van der Waals surface area contributed by atoms with Crippen molar-refractivity contribution in [3.8, 4) is 0 Å². The van der Waals surface area contributed by atoms with Crippen LogP contribution in [0.25, 0.3) is 0 Å². The lowest BCUT2D eigenvalue weighted by molar-refractivity contribution is -0.471. The van der Waals surface area contributed by atoms with Gasteiger partial charge in [0.1, 0.15) is 6.04 Å². The molecule has 19 heavy (non-hydrogen) atoms. The van der Waals surface area contributed by atoms with Crippen LogP contribution >= 0.6 is 7.05 Å². The summed E-state index contributed by atoms with van der Waals surface area (Å²) < 4.78 is 3.80. The lowest BCUT2D eigenvalue weighted by atomic mass is 10.4. The van der Waals surface area contributed by atoms with Crippen LogP contribution in [0.4, 0.5) is 0 Å². The first-order valence-electron chi connectivity index (χ1n) is 6.38. The second-order valence-electron chi connectivity index (χ2n) is 4.96. The zero-order valence-electron chi connectivity index (χ0n) is 11.7. The van der Waals surface area contributed by atoms with Gasteiger partial charge in [-0.25, -0.2) is 0 Å². The summed E-state index contributed by atoms with van der Waals surface area (Å²) in [4.78, 5) is 0. The minimum Gasteiger partial charge on any atom is -1.00 e. The molecule has 0 aromatic heterocycles. The average molecular weight is 385 g/mol. The molecule has 0 saturated heterocycles. The molecule has 2 aromatic carbocycles. The zero-order valence-corrected chi connectivity index (χ0v) is 14.7. The molecule has 2 rings (SSSR count). The lowest BCUT2D eigenvalue weighted by Crippen LogP contribution is -3.00. The maximum absolute atomic E-state index is 3.80. The van der Waals surface area contributed by atoms with Crippen molar-refractivity contribution in [2.45, 2.75) is 19.9 Å². The van der Waals surface area contributed by atoms with Gasteiger partial charge >= 0.3 is 0 Å². The third kappa shape index (κ3) is 3.93. The summed E-state index contributed by atoms with van der Waals surface area (Å²) in [5.74, 6) is 0. The molecule has 102 valence electrons. The van der Waals surface area contributed by atoms with E-state index in [2.05, 4.69) is 85.9 Å². The van der Waals surface area contributed by atoms with E-state index in [-0.39, 0.29) is 24.0 Å². The molecule has 3 heteroatoms. The highest BCUT2D eigenvalue weighted by atomic mass is 127. The maximum Gasteiger partial charge on any atom is 0.151 e. The number of nitrogens with one attached hydrogen (secondary N) is 1. The minimum atomic E-state index is -1.48. The summed E-state index contributed by atoms with van der Waals surface area (Å²) in [6.07, 6.45) is 0. The summed E-state index contributed by atoms with van der Waals surface area (Å²) in [6, 6.07) is 22.1. The van der Waals surface area contributed by atoms with E-state index in [1.165, 1.54) is 10.6 Å². The highest BCUT2D eigenvalue weighted by molar-refractivity contribution is 7.77. The Morgan fingerprint density at radius 1 is 0.789 bits per heavy atom. The van der Waals surface area contributed by atoms with E-state index in [1.807, 2.05) is 0 Å². The molecular formula is C16H21INP. The molecule has 0 heterocycles.